The van der Waals surface area contributed by atoms with Gasteiger partial charge in [-0.1, -0.05) is 0 Å². The summed E-state index contributed by atoms with van der Waals surface area (Å²) in [4.78, 5) is 12.1. The topological polar surface area (TPSA) is 89.3 Å². The highest BCUT2D eigenvalue weighted by Gasteiger charge is 2.12. The van der Waals surface area contributed by atoms with Crippen molar-refractivity contribution in [3.8, 4) is 0 Å². The number of primary sulfonamides is 1. The van der Waals surface area contributed by atoms with E-state index in [1.165, 1.54) is 18.2 Å². The molecule has 0 radical (unpaired) electrons. The molecule has 3 N–H and O–H groups in total. The van der Waals surface area contributed by atoms with Gasteiger partial charge in [0.2, 0.25) is 10.0 Å². The van der Waals surface area contributed by atoms with Gasteiger partial charge in [0.15, 0.2) is 0 Å². The third-order valence-corrected chi connectivity index (χ3v) is 4.51. The second-order valence-corrected chi connectivity index (χ2v) is 7.29. The van der Waals surface area contributed by atoms with Crippen LogP contribution < -0.4 is 10.5 Å². The minimum Gasteiger partial charge on any atom is -0.322 e. The second-order valence-electron chi connectivity index (χ2n) is 4.48. The van der Waals surface area contributed by atoms with E-state index in [9.17, 15) is 13.2 Å². The van der Waals surface area contributed by atoms with Crippen LogP contribution in [0.5, 0.6) is 0 Å². The van der Waals surface area contributed by atoms with E-state index in [1.807, 2.05) is 12.1 Å². The Bertz CT molecular complexity index is 786. The number of carbonyl (C=O) groups excluding carboxylic acids is 1. The van der Waals surface area contributed by atoms with Crippen LogP contribution in [-0.4, -0.2) is 14.3 Å². The van der Waals surface area contributed by atoms with E-state index in [4.69, 9.17) is 5.14 Å². The van der Waals surface area contributed by atoms with Crippen molar-refractivity contribution in [3.05, 3.63) is 57.2 Å². The zero-order valence-corrected chi connectivity index (χ0v) is 14.1. The molecule has 0 aliphatic carbocycles. The maximum absolute atomic E-state index is 12.1. The number of amides is 1. The van der Waals surface area contributed by atoms with E-state index in [0.29, 0.717) is 16.8 Å². The Morgan fingerprint density at radius 3 is 2.29 bits per heavy atom. The molecule has 0 saturated carbocycles. The second kappa shape index (κ2) is 6.12. The molecule has 0 heterocycles. The van der Waals surface area contributed by atoms with Gasteiger partial charge in [-0.05, 0) is 77.5 Å². The van der Waals surface area contributed by atoms with E-state index in [0.717, 1.165) is 3.57 Å². The predicted molar refractivity (Wildman–Crippen MR) is 89.7 cm³/mol. The summed E-state index contributed by atoms with van der Waals surface area (Å²) in [6.45, 7) is 1.71. The summed E-state index contributed by atoms with van der Waals surface area (Å²) in [6, 6.07) is 11.5. The molecule has 7 heteroatoms. The number of nitrogens with one attached hydrogen (secondary N) is 1. The van der Waals surface area contributed by atoms with E-state index in [-0.39, 0.29) is 10.8 Å². The Kier molecular flexibility index (Phi) is 4.64. The summed E-state index contributed by atoms with van der Waals surface area (Å²) in [5.74, 6) is -0.252. The van der Waals surface area contributed by atoms with E-state index in [1.54, 1.807) is 19.1 Å². The van der Waals surface area contributed by atoms with Crippen molar-refractivity contribution >= 4 is 44.2 Å². The van der Waals surface area contributed by atoms with Crippen molar-refractivity contribution < 1.29 is 13.2 Å². The van der Waals surface area contributed by atoms with Crippen LogP contribution in [0.3, 0.4) is 0 Å². The van der Waals surface area contributed by atoms with Crippen LogP contribution in [0.2, 0.25) is 0 Å². The first-order valence-corrected chi connectivity index (χ1v) is 8.60. The van der Waals surface area contributed by atoms with E-state index in [2.05, 4.69) is 27.9 Å². The highest BCUT2D eigenvalue weighted by atomic mass is 127. The first kappa shape index (κ1) is 15.9. The molecule has 2 aromatic rings. The molecule has 0 fully saturated rings. The van der Waals surface area contributed by atoms with Gasteiger partial charge in [-0.15, -0.1) is 0 Å². The summed E-state index contributed by atoms with van der Waals surface area (Å²) in [6.07, 6.45) is 0. The van der Waals surface area contributed by atoms with Gasteiger partial charge in [-0.25, -0.2) is 13.6 Å². The maximum Gasteiger partial charge on any atom is 0.255 e. The first-order valence-electron chi connectivity index (χ1n) is 5.98. The molecule has 0 aliphatic heterocycles. The molecule has 0 saturated heterocycles. The minimum absolute atomic E-state index is 0.0206. The number of hydrogen-bond acceptors (Lipinski definition) is 3. The van der Waals surface area contributed by atoms with Crippen molar-refractivity contribution in [1.29, 1.82) is 0 Å². The molecule has 5 nitrogen and oxygen atoms in total. The molecule has 0 aromatic heterocycles. The Hall–Kier alpha value is -1.45. The number of nitrogens with two attached hydrogens (primary N) is 1. The van der Waals surface area contributed by atoms with Gasteiger partial charge in [-0.2, -0.15) is 0 Å². The molecule has 0 atom stereocenters. The fraction of sp³-hybridized carbons (Fsp3) is 0.0714. The van der Waals surface area contributed by atoms with Gasteiger partial charge < -0.3 is 5.32 Å². The number of rotatable bonds is 3. The van der Waals surface area contributed by atoms with Crippen molar-refractivity contribution in [2.24, 2.45) is 5.14 Å². The van der Waals surface area contributed by atoms with Crippen molar-refractivity contribution in [2.75, 3.05) is 5.32 Å². The van der Waals surface area contributed by atoms with Crippen LogP contribution in [0.4, 0.5) is 5.69 Å². The summed E-state index contributed by atoms with van der Waals surface area (Å²) < 4.78 is 23.6. The minimum atomic E-state index is -3.74. The Morgan fingerprint density at radius 1 is 1.14 bits per heavy atom. The number of benzene rings is 2. The van der Waals surface area contributed by atoms with Gasteiger partial charge in [0, 0.05) is 14.8 Å². The van der Waals surface area contributed by atoms with Gasteiger partial charge in [-0.3, -0.25) is 4.79 Å². The molecule has 0 aliphatic rings. The predicted octanol–water partition coefficient (Wildman–Crippen LogP) is 2.50. The van der Waals surface area contributed by atoms with Crippen molar-refractivity contribution in [3.63, 3.8) is 0 Å². The molecule has 2 rings (SSSR count). The normalized spacial score (nSPS) is 11.2. The standard InChI is InChI=1S/C14H13IN2O3S/c1-9-8-12(21(16,19)20)6-7-13(9)17-14(18)10-2-4-11(15)5-3-10/h2-8H,1H3,(H,17,18)(H2,16,19,20). The van der Waals surface area contributed by atoms with E-state index >= 15 is 0 Å². The molecule has 1 amide bonds. The molecular weight excluding hydrogens is 403 g/mol. The zero-order chi connectivity index (χ0) is 15.6. The fourth-order valence-electron chi connectivity index (χ4n) is 1.75. The highest BCUT2D eigenvalue weighted by Crippen LogP contribution is 2.20. The van der Waals surface area contributed by atoms with Crippen LogP contribution in [-0.2, 0) is 10.0 Å². The Labute approximate surface area is 136 Å². The first-order chi connectivity index (χ1) is 9.77. The lowest BCUT2D eigenvalue weighted by atomic mass is 10.1. The molecule has 21 heavy (non-hydrogen) atoms. The average molecular weight is 416 g/mol. The van der Waals surface area contributed by atoms with Crippen molar-refractivity contribution in [2.45, 2.75) is 11.8 Å². The summed E-state index contributed by atoms with van der Waals surface area (Å²) >= 11 is 2.16. The van der Waals surface area contributed by atoms with Crippen LogP contribution in [0.1, 0.15) is 15.9 Å². The number of sulfonamides is 1. The lowest BCUT2D eigenvalue weighted by molar-refractivity contribution is 0.102. The van der Waals surface area contributed by atoms with Gasteiger partial charge >= 0.3 is 0 Å². The van der Waals surface area contributed by atoms with Crippen LogP contribution in [0.15, 0.2) is 47.4 Å². The molecule has 2 aromatic carbocycles. The summed E-state index contributed by atoms with van der Waals surface area (Å²) in [5, 5.41) is 7.81. The molecule has 0 unspecified atom stereocenters. The maximum atomic E-state index is 12.1. The molecule has 0 bridgehead atoms. The fourth-order valence-corrected chi connectivity index (χ4v) is 2.71. The van der Waals surface area contributed by atoms with E-state index < -0.39 is 10.0 Å². The number of carbonyl (C=O) groups is 1. The number of halogens is 1. The summed E-state index contributed by atoms with van der Waals surface area (Å²) in [5.41, 5.74) is 1.71. The lowest BCUT2D eigenvalue weighted by Gasteiger charge is -2.09. The van der Waals surface area contributed by atoms with Gasteiger partial charge in [0.25, 0.3) is 5.91 Å². The number of aryl methyl sites for hydroxylation is 1. The van der Waals surface area contributed by atoms with Crippen molar-refractivity contribution in [1.82, 2.24) is 0 Å². The molecule has 0 spiro atoms. The zero-order valence-electron chi connectivity index (χ0n) is 11.1. The highest BCUT2D eigenvalue weighted by molar-refractivity contribution is 14.1. The van der Waals surface area contributed by atoms with Crippen LogP contribution >= 0.6 is 22.6 Å². The van der Waals surface area contributed by atoms with Gasteiger partial charge in [0.05, 0.1) is 4.90 Å². The number of hydrogen-bond donors (Lipinski definition) is 2. The molecular formula is C14H13IN2O3S. The Morgan fingerprint density at radius 2 is 1.76 bits per heavy atom. The number of anilines is 1. The molecule has 110 valence electrons. The Balaban J connectivity index is 2.24. The monoisotopic (exact) mass is 416 g/mol. The quantitative estimate of drug-likeness (QED) is 0.754. The largest absolute Gasteiger partial charge is 0.322 e. The van der Waals surface area contributed by atoms with Gasteiger partial charge in [0.1, 0.15) is 0 Å². The van der Waals surface area contributed by atoms with Crippen LogP contribution in [0, 0.1) is 10.5 Å². The lowest BCUT2D eigenvalue weighted by Crippen LogP contribution is -2.15. The summed E-state index contributed by atoms with van der Waals surface area (Å²) in [7, 11) is -3.74. The van der Waals surface area contributed by atoms with Crippen LogP contribution in [0.25, 0.3) is 0 Å². The SMILES string of the molecule is Cc1cc(S(N)(=O)=O)ccc1NC(=O)c1ccc(I)cc1. The third-order valence-electron chi connectivity index (χ3n) is 2.88. The average Bonchev–Trinajstić information content (AvgIpc) is 2.40. The third kappa shape index (κ3) is 4.02. The smallest absolute Gasteiger partial charge is 0.255 e.